The first-order chi connectivity index (χ1) is 9.53. The van der Waals surface area contributed by atoms with Crippen molar-refractivity contribution < 1.29 is 4.79 Å². The van der Waals surface area contributed by atoms with Crippen molar-refractivity contribution in [1.29, 1.82) is 0 Å². The molecule has 4 saturated carbocycles. The molecule has 4 aliphatic rings. The Bertz CT molecular complexity index is 427. The van der Waals surface area contributed by atoms with Gasteiger partial charge >= 0.3 is 0 Å². The predicted octanol–water partition coefficient (Wildman–Crippen LogP) is 4.99. The molecule has 4 fully saturated rings. The van der Waals surface area contributed by atoms with Crippen molar-refractivity contribution >= 4 is 5.78 Å². The number of carbonyl (C=O) groups is 1. The fourth-order valence-electron chi connectivity index (χ4n) is 7.13. The summed E-state index contributed by atoms with van der Waals surface area (Å²) in [6, 6.07) is 0. The lowest BCUT2D eigenvalue weighted by atomic mass is 9.45. The first kappa shape index (κ1) is 13.3. The molecule has 0 aromatic carbocycles. The van der Waals surface area contributed by atoms with Gasteiger partial charge in [-0.3, -0.25) is 4.79 Å². The van der Waals surface area contributed by atoms with Crippen LogP contribution in [0.5, 0.6) is 0 Å². The molecular weight excluding hydrogens is 244 g/mol. The summed E-state index contributed by atoms with van der Waals surface area (Å²) >= 11 is 0. The predicted molar refractivity (Wildman–Crippen MR) is 81.4 cm³/mol. The van der Waals surface area contributed by atoms with Crippen molar-refractivity contribution in [2.75, 3.05) is 0 Å². The van der Waals surface area contributed by atoms with Gasteiger partial charge in [0.2, 0.25) is 0 Å². The second-order valence-electron chi connectivity index (χ2n) is 9.00. The van der Waals surface area contributed by atoms with E-state index in [1.165, 1.54) is 51.4 Å². The van der Waals surface area contributed by atoms with E-state index < -0.39 is 0 Å². The summed E-state index contributed by atoms with van der Waals surface area (Å²) in [5.74, 6) is 4.21. The van der Waals surface area contributed by atoms with Crippen molar-refractivity contribution in [2.45, 2.75) is 78.1 Å². The molecule has 0 radical (unpaired) electrons. The van der Waals surface area contributed by atoms with Gasteiger partial charge in [0, 0.05) is 12.8 Å². The van der Waals surface area contributed by atoms with Crippen LogP contribution >= 0.6 is 0 Å². The summed E-state index contributed by atoms with van der Waals surface area (Å²) in [6.45, 7) is 5.06. The average Bonchev–Trinajstić information content (AvgIpc) is 2.79. The first-order valence-electron chi connectivity index (χ1n) is 9.05. The van der Waals surface area contributed by atoms with E-state index in [2.05, 4.69) is 13.8 Å². The Morgan fingerprint density at radius 2 is 1.80 bits per heavy atom. The first-order valence-corrected chi connectivity index (χ1v) is 9.05. The fraction of sp³-hybridized carbons (Fsp3) is 0.947. The van der Waals surface area contributed by atoms with Crippen molar-refractivity contribution in [3.05, 3.63) is 0 Å². The molecule has 0 aromatic rings. The third-order valence-electron chi connectivity index (χ3n) is 8.20. The molecule has 1 heteroatoms. The molecule has 0 N–H and O–H groups in total. The summed E-state index contributed by atoms with van der Waals surface area (Å²) in [4.78, 5) is 12.1. The molecule has 0 heterocycles. The molecule has 0 spiro atoms. The molecule has 20 heavy (non-hydrogen) atoms. The van der Waals surface area contributed by atoms with Gasteiger partial charge in [-0.05, 0) is 79.4 Å². The largest absolute Gasteiger partial charge is 0.300 e. The van der Waals surface area contributed by atoms with Crippen molar-refractivity contribution in [2.24, 2.45) is 34.5 Å². The highest BCUT2D eigenvalue weighted by molar-refractivity contribution is 5.80. The minimum absolute atomic E-state index is 0.363. The smallest absolute Gasteiger partial charge is 0.133 e. The summed E-state index contributed by atoms with van der Waals surface area (Å²) in [6.07, 6.45) is 13.1. The normalized spacial score (nSPS) is 55.0. The summed E-state index contributed by atoms with van der Waals surface area (Å²) in [5, 5.41) is 0. The Hall–Kier alpha value is -0.330. The topological polar surface area (TPSA) is 17.1 Å². The lowest BCUT2D eigenvalue weighted by Gasteiger charge is -2.59. The van der Waals surface area contributed by atoms with Crippen LogP contribution in [0.4, 0.5) is 0 Å². The number of ketones is 1. The van der Waals surface area contributed by atoms with Crippen molar-refractivity contribution in [3.63, 3.8) is 0 Å². The number of rotatable bonds is 0. The maximum Gasteiger partial charge on any atom is 0.133 e. The molecule has 0 amide bonds. The standard InChI is InChI=1S/C19H30O/c1-18-10-3-4-16(18)15-8-6-13-5-7-14(20)12-19(13,2)17(15)9-11-18/h13,15-17H,3-12H2,1-2H3/t13-,15?,16?,17?,18?,19?/m1/s1. The molecule has 0 aliphatic heterocycles. The molecule has 4 rings (SSSR count). The Morgan fingerprint density at radius 1 is 0.950 bits per heavy atom. The third-order valence-corrected chi connectivity index (χ3v) is 8.20. The monoisotopic (exact) mass is 274 g/mol. The fourth-order valence-corrected chi connectivity index (χ4v) is 7.13. The maximum absolute atomic E-state index is 12.1. The van der Waals surface area contributed by atoms with Gasteiger partial charge in [-0.15, -0.1) is 0 Å². The van der Waals surface area contributed by atoms with Crippen molar-refractivity contribution in [3.8, 4) is 0 Å². The van der Waals surface area contributed by atoms with E-state index in [9.17, 15) is 4.79 Å². The van der Waals surface area contributed by atoms with Crippen LogP contribution in [-0.4, -0.2) is 5.78 Å². The van der Waals surface area contributed by atoms with Gasteiger partial charge in [0.1, 0.15) is 5.78 Å². The Morgan fingerprint density at radius 3 is 2.65 bits per heavy atom. The lowest BCUT2D eigenvalue weighted by molar-refractivity contribution is -0.139. The molecule has 6 atom stereocenters. The van der Waals surface area contributed by atoms with E-state index in [1.54, 1.807) is 0 Å². The van der Waals surface area contributed by atoms with E-state index in [1.807, 2.05) is 0 Å². The van der Waals surface area contributed by atoms with E-state index in [0.717, 1.165) is 36.5 Å². The van der Waals surface area contributed by atoms with Crippen molar-refractivity contribution in [1.82, 2.24) is 0 Å². The van der Waals surface area contributed by atoms with Gasteiger partial charge in [-0.25, -0.2) is 0 Å². The van der Waals surface area contributed by atoms with Crippen LogP contribution in [-0.2, 0) is 4.79 Å². The van der Waals surface area contributed by atoms with Gasteiger partial charge in [-0.2, -0.15) is 0 Å². The van der Waals surface area contributed by atoms with Crippen LogP contribution in [0.3, 0.4) is 0 Å². The quantitative estimate of drug-likeness (QED) is 0.608. The summed E-state index contributed by atoms with van der Waals surface area (Å²) in [7, 11) is 0. The van der Waals surface area contributed by atoms with Crippen LogP contribution in [0, 0.1) is 34.5 Å². The second-order valence-corrected chi connectivity index (χ2v) is 9.00. The zero-order chi connectivity index (χ0) is 14.0. The Kier molecular flexibility index (Phi) is 2.89. The van der Waals surface area contributed by atoms with Gasteiger partial charge in [-0.1, -0.05) is 20.3 Å². The maximum atomic E-state index is 12.1. The molecule has 0 aromatic heterocycles. The Labute approximate surface area is 123 Å². The number of hydrogen-bond acceptors (Lipinski definition) is 1. The molecule has 4 aliphatic carbocycles. The van der Waals surface area contributed by atoms with Gasteiger partial charge in [0.25, 0.3) is 0 Å². The highest BCUT2D eigenvalue weighted by Gasteiger charge is 2.57. The minimum Gasteiger partial charge on any atom is -0.300 e. The molecular formula is C19H30O. The number of fused-ring (bicyclic) bond motifs is 5. The van der Waals surface area contributed by atoms with Crippen LogP contribution in [0.15, 0.2) is 0 Å². The number of hydrogen-bond donors (Lipinski definition) is 0. The summed E-state index contributed by atoms with van der Waals surface area (Å²) < 4.78 is 0. The van der Waals surface area contributed by atoms with Gasteiger partial charge in [0.15, 0.2) is 0 Å². The van der Waals surface area contributed by atoms with E-state index in [-0.39, 0.29) is 0 Å². The zero-order valence-corrected chi connectivity index (χ0v) is 13.3. The lowest BCUT2D eigenvalue weighted by Crippen LogP contribution is -2.53. The van der Waals surface area contributed by atoms with Crippen LogP contribution < -0.4 is 0 Å². The number of carbonyl (C=O) groups excluding carboxylic acids is 1. The highest BCUT2D eigenvalue weighted by Crippen LogP contribution is 2.65. The highest BCUT2D eigenvalue weighted by atomic mass is 16.1. The average molecular weight is 274 g/mol. The van der Waals surface area contributed by atoms with Gasteiger partial charge in [0.05, 0.1) is 0 Å². The molecule has 1 nitrogen and oxygen atoms in total. The van der Waals surface area contributed by atoms with Crippen LogP contribution in [0.1, 0.15) is 78.1 Å². The third kappa shape index (κ3) is 1.70. The van der Waals surface area contributed by atoms with E-state index >= 15 is 0 Å². The van der Waals surface area contributed by atoms with E-state index in [4.69, 9.17) is 0 Å². The number of Topliss-reactive ketones (excluding diaryl/α,β-unsaturated/α-hetero) is 1. The van der Waals surface area contributed by atoms with Crippen LogP contribution in [0.2, 0.25) is 0 Å². The SMILES string of the molecule is CC12CCCC1C1CC[C@H]3CCC(=O)CC3(C)C1CC2. The minimum atomic E-state index is 0.363. The molecule has 0 saturated heterocycles. The summed E-state index contributed by atoms with van der Waals surface area (Å²) in [5.41, 5.74) is 1.02. The van der Waals surface area contributed by atoms with Gasteiger partial charge < -0.3 is 0 Å². The molecule has 112 valence electrons. The molecule has 0 bridgehead atoms. The van der Waals surface area contributed by atoms with E-state index in [0.29, 0.717) is 16.6 Å². The zero-order valence-electron chi connectivity index (χ0n) is 13.3. The Balaban J connectivity index is 1.66. The second kappa shape index (κ2) is 4.34. The molecule has 5 unspecified atom stereocenters. The van der Waals surface area contributed by atoms with Crippen LogP contribution in [0.25, 0.3) is 0 Å².